The summed E-state index contributed by atoms with van der Waals surface area (Å²) in [4.78, 5) is 11.7. The summed E-state index contributed by atoms with van der Waals surface area (Å²) >= 11 is 0. The molecule has 0 unspecified atom stereocenters. The predicted octanol–water partition coefficient (Wildman–Crippen LogP) is 4.94. The van der Waals surface area contributed by atoms with Crippen LogP contribution in [0.2, 0.25) is 0 Å². The number of carbonyl (C=O) groups is 1. The molecule has 0 spiro atoms. The summed E-state index contributed by atoms with van der Waals surface area (Å²) < 4.78 is 4.80. The maximum atomic E-state index is 11.7. The summed E-state index contributed by atoms with van der Waals surface area (Å²) in [7, 11) is 1.39. The van der Waals surface area contributed by atoms with Crippen LogP contribution < -0.4 is 10.4 Å². The van der Waals surface area contributed by atoms with Crippen molar-refractivity contribution in [2.24, 2.45) is 0 Å². The Balaban J connectivity index is 1.65. The van der Waals surface area contributed by atoms with Crippen molar-refractivity contribution in [3.05, 3.63) is 112 Å². The molecule has 30 heavy (non-hydrogen) atoms. The van der Waals surface area contributed by atoms with Gasteiger partial charge in [-0.3, -0.25) is 0 Å². The average molecular weight is 397 g/mol. The Labute approximate surface area is 178 Å². The van der Waals surface area contributed by atoms with Crippen LogP contribution in [0.1, 0.15) is 40.4 Å². The van der Waals surface area contributed by atoms with E-state index in [-0.39, 0.29) is 5.97 Å². The summed E-state index contributed by atoms with van der Waals surface area (Å²) in [5.74, 6) is -0.330. The molecule has 0 bridgehead atoms. The van der Waals surface area contributed by atoms with Crippen molar-refractivity contribution < 1.29 is 9.53 Å². The normalized spacial score (nSPS) is 12.1. The van der Waals surface area contributed by atoms with Gasteiger partial charge in [-0.15, -0.1) is 0 Å². The van der Waals surface area contributed by atoms with Gasteiger partial charge in [-0.2, -0.15) is 0 Å². The van der Waals surface area contributed by atoms with Gasteiger partial charge in [0.05, 0.1) is 12.7 Å². The fourth-order valence-electron chi connectivity index (χ4n) is 3.38. The molecule has 0 saturated carbocycles. The van der Waals surface area contributed by atoms with Crippen molar-refractivity contribution in [1.82, 2.24) is 0 Å². The highest BCUT2D eigenvalue weighted by Crippen LogP contribution is 2.16. The van der Waals surface area contributed by atoms with Crippen LogP contribution in [0.15, 0.2) is 78.9 Å². The van der Waals surface area contributed by atoms with Crippen LogP contribution in [0.3, 0.4) is 0 Å². The monoisotopic (exact) mass is 396 g/mol. The van der Waals surface area contributed by atoms with Crippen molar-refractivity contribution in [1.29, 1.82) is 0 Å². The number of aryl methyl sites for hydroxylation is 2. The summed E-state index contributed by atoms with van der Waals surface area (Å²) in [6.07, 6.45) is 7.16. The maximum absolute atomic E-state index is 11.7. The standard InChI is InChI=1S/C28H28O2/c1-21(8-7-11-26-20-27(28(29)30-3)17-12-22(26)2)25-18-15-24(16-19-25)14-13-23-9-5-4-6-10-23/h4-6,8-12,15-20H,2,7,13-14H2,1,3H3/b21-8+,26-11-. The number of methoxy groups -OCH3 is 1. The zero-order valence-corrected chi connectivity index (χ0v) is 17.7. The summed E-state index contributed by atoms with van der Waals surface area (Å²) in [5, 5.41) is 1.86. The zero-order valence-electron chi connectivity index (χ0n) is 17.7. The average Bonchev–Trinajstić information content (AvgIpc) is 2.79. The Kier molecular flexibility index (Phi) is 7.40. The molecule has 0 N–H and O–H groups in total. The summed E-state index contributed by atoms with van der Waals surface area (Å²) in [6.45, 7) is 6.18. The number of benzene rings is 3. The summed E-state index contributed by atoms with van der Waals surface area (Å²) in [6, 6.07) is 24.8. The van der Waals surface area contributed by atoms with Crippen LogP contribution >= 0.6 is 0 Å². The topological polar surface area (TPSA) is 26.3 Å². The Morgan fingerprint density at radius 3 is 2.20 bits per heavy atom. The largest absolute Gasteiger partial charge is 0.465 e. The SMILES string of the molecule is C=c1ccc(C(=O)OC)c/c1=C/C/C=C(\C)c1ccc(CCc2ccccc2)cc1. The van der Waals surface area contributed by atoms with Crippen LogP contribution in [0.25, 0.3) is 18.2 Å². The van der Waals surface area contributed by atoms with E-state index in [1.807, 2.05) is 12.1 Å². The minimum Gasteiger partial charge on any atom is -0.465 e. The first kappa shape index (κ1) is 21.3. The second-order valence-corrected chi connectivity index (χ2v) is 7.41. The first-order valence-electron chi connectivity index (χ1n) is 10.2. The Hall–Kier alpha value is -3.39. The molecule has 2 heteroatoms. The molecule has 0 radical (unpaired) electrons. The van der Waals surface area contributed by atoms with Gasteiger partial charge in [0.25, 0.3) is 0 Å². The van der Waals surface area contributed by atoms with Crippen LogP contribution in [0.5, 0.6) is 0 Å². The molecule has 0 saturated heterocycles. The first-order chi connectivity index (χ1) is 14.6. The molecule has 0 aliphatic rings. The van der Waals surface area contributed by atoms with Gasteiger partial charge in [-0.1, -0.05) is 79.4 Å². The fraction of sp³-hybridized carbons (Fsp3) is 0.179. The lowest BCUT2D eigenvalue weighted by molar-refractivity contribution is 0.0600. The Bertz CT molecular complexity index is 1120. The molecular formula is C28H28O2. The van der Waals surface area contributed by atoms with Gasteiger partial charge < -0.3 is 4.74 Å². The minimum atomic E-state index is -0.330. The summed E-state index contributed by atoms with van der Waals surface area (Å²) in [5.41, 5.74) is 5.72. The van der Waals surface area contributed by atoms with E-state index < -0.39 is 0 Å². The molecular weight excluding hydrogens is 368 g/mol. The van der Waals surface area contributed by atoms with E-state index in [9.17, 15) is 4.79 Å². The van der Waals surface area contributed by atoms with E-state index in [1.54, 1.807) is 6.07 Å². The lowest BCUT2D eigenvalue weighted by Gasteiger charge is -2.05. The Morgan fingerprint density at radius 1 is 0.900 bits per heavy atom. The molecule has 0 aliphatic heterocycles. The molecule has 0 heterocycles. The highest BCUT2D eigenvalue weighted by Gasteiger charge is 2.03. The molecule has 0 amide bonds. The molecule has 0 atom stereocenters. The number of rotatable bonds is 7. The van der Waals surface area contributed by atoms with Gasteiger partial charge in [-0.05, 0) is 71.0 Å². The van der Waals surface area contributed by atoms with Gasteiger partial charge >= 0.3 is 5.97 Å². The van der Waals surface area contributed by atoms with E-state index in [2.05, 4.69) is 80.3 Å². The van der Waals surface area contributed by atoms with E-state index in [4.69, 9.17) is 4.74 Å². The Morgan fingerprint density at radius 2 is 1.53 bits per heavy atom. The van der Waals surface area contributed by atoms with Crippen LogP contribution in [0, 0.1) is 0 Å². The van der Waals surface area contributed by atoms with Crippen molar-refractivity contribution in [2.45, 2.75) is 26.2 Å². The number of esters is 1. The van der Waals surface area contributed by atoms with Crippen molar-refractivity contribution in [3.8, 4) is 0 Å². The van der Waals surface area contributed by atoms with E-state index in [1.165, 1.54) is 29.4 Å². The first-order valence-corrected chi connectivity index (χ1v) is 10.2. The third-order valence-corrected chi connectivity index (χ3v) is 5.28. The van der Waals surface area contributed by atoms with Gasteiger partial charge in [0.2, 0.25) is 0 Å². The minimum absolute atomic E-state index is 0.330. The lowest BCUT2D eigenvalue weighted by Crippen LogP contribution is -2.24. The van der Waals surface area contributed by atoms with Gasteiger partial charge in [0.1, 0.15) is 0 Å². The number of carbonyl (C=O) groups excluding carboxylic acids is 1. The molecule has 0 aliphatic carbocycles. The quantitative estimate of drug-likeness (QED) is 0.529. The molecule has 0 aromatic heterocycles. The van der Waals surface area contributed by atoms with Crippen LogP contribution in [0.4, 0.5) is 0 Å². The highest BCUT2D eigenvalue weighted by molar-refractivity contribution is 5.89. The number of allylic oxidation sites excluding steroid dienone is 2. The van der Waals surface area contributed by atoms with Gasteiger partial charge in [0, 0.05) is 0 Å². The molecule has 2 nitrogen and oxygen atoms in total. The van der Waals surface area contributed by atoms with E-state index >= 15 is 0 Å². The fourth-order valence-corrected chi connectivity index (χ4v) is 3.38. The van der Waals surface area contributed by atoms with Crippen molar-refractivity contribution in [3.63, 3.8) is 0 Å². The second-order valence-electron chi connectivity index (χ2n) is 7.41. The van der Waals surface area contributed by atoms with Gasteiger partial charge in [-0.25, -0.2) is 4.79 Å². The number of ether oxygens (including phenoxy) is 1. The predicted molar refractivity (Wildman–Crippen MR) is 126 cm³/mol. The third kappa shape index (κ3) is 5.81. The highest BCUT2D eigenvalue weighted by atomic mass is 16.5. The van der Waals surface area contributed by atoms with Crippen molar-refractivity contribution in [2.75, 3.05) is 7.11 Å². The number of hydrogen-bond acceptors (Lipinski definition) is 2. The van der Waals surface area contributed by atoms with E-state index in [0.29, 0.717) is 5.56 Å². The maximum Gasteiger partial charge on any atom is 0.337 e. The third-order valence-electron chi connectivity index (χ3n) is 5.28. The van der Waals surface area contributed by atoms with Crippen LogP contribution in [-0.2, 0) is 17.6 Å². The van der Waals surface area contributed by atoms with Crippen LogP contribution in [-0.4, -0.2) is 13.1 Å². The molecule has 3 rings (SSSR count). The van der Waals surface area contributed by atoms with Crippen molar-refractivity contribution >= 4 is 24.2 Å². The molecule has 3 aromatic rings. The molecule has 152 valence electrons. The second kappa shape index (κ2) is 10.4. The zero-order chi connectivity index (χ0) is 21.3. The van der Waals surface area contributed by atoms with E-state index in [0.717, 1.165) is 29.7 Å². The molecule has 3 aromatic carbocycles. The van der Waals surface area contributed by atoms with Gasteiger partial charge in [0.15, 0.2) is 0 Å². The smallest absolute Gasteiger partial charge is 0.337 e. The number of hydrogen-bond donors (Lipinski definition) is 0. The molecule has 0 fully saturated rings. The lowest BCUT2D eigenvalue weighted by atomic mass is 10.0.